The first-order valence-electron chi connectivity index (χ1n) is 5.40. The van der Waals surface area contributed by atoms with Crippen molar-refractivity contribution in [1.82, 2.24) is 0 Å². The summed E-state index contributed by atoms with van der Waals surface area (Å²) in [5.74, 6) is 0.301. The first kappa shape index (κ1) is 15.7. The van der Waals surface area contributed by atoms with Gasteiger partial charge in [-0.25, -0.2) is 0 Å². The fraction of sp³-hybridized carbons (Fsp3) is 0.231. The molecule has 18 heavy (non-hydrogen) atoms. The van der Waals surface area contributed by atoms with Crippen LogP contribution in [0.15, 0.2) is 41.3 Å². The first-order chi connectivity index (χ1) is 7.91. The number of hydrogen-bond donors (Lipinski definition) is 1. The van der Waals surface area contributed by atoms with Gasteiger partial charge in [0.05, 0.1) is 0 Å². The van der Waals surface area contributed by atoms with Crippen molar-refractivity contribution in [3.05, 3.63) is 42.0 Å². The van der Waals surface area contributed by atoms with Crippen LogP contribution in [-0.4, -0.2) is 42.5 Å². The number of rotatable bonds is 2. The summed E-state index contributed by atoms with van der Waals surface area (Å²) >= 11 is 0. The van der Waals surface area contributed by atoms with Crippen molar-refractivity contribution >= 4 is 50.4 Å². The van der Waals surface area contributed by atoms with Crippen molar-refractivity contribution < 1.29 is 13.0 Å². The summed E-state index contributed by atoms with van der Waals surface area (Å²) in [7, 11) is -4.17. The van der Waals surface area contributed by atoms with Crippen LogP contribution in [0.25, 0.3) is 10.8 Å². The second-order valence-electron chi connectivity index (χ2n) is 4.33. The summed E-state index contributed by atoms with van der Waals surface area (Å²) in [4.78, 5) is -0.0301. The molecule has 91 valence electrons. The Morgan fingerprint density at radius 2 is 1.56 bits per heavy atom. The molecule has 2 aromatic carbocycles. The Morgan fingerprint density at radius 3 is 2.06 bits per heavy atom. The van der Waals surface area contributed by atoms with E-state index in [0.29, 0.717) is 11.3 Å². The summed E-state index contributed by atoms with van der Waals surface area (Å²) in [6.45, 7) is 4.10. The second kappa shape index (κ2) is 5.72. The van der Waals surface area contributed by atoms with E-state index in [4.69, 9.17) is 0 Å². The van der Waals surface area contributed by atoms with Crippen molar-refractivity contribution in [2.75, 3.05) is 0 Å². The third kappa shape index (κ3) is 2.95. The Morgan fingerprint density at radius 1 is 1.00 bits per heavy atom. The molecule has 0 heterocycles. The Balaban J connectivity index is 0.00000162. The maximum absolute atomic E-state index is 11.3. The molecule has 0 saturated heterocycles. The van der Waals surface area contributed by atoms with Gasteiger partial charge in [0.1, 0.15) is 4.90 Å². The molecule has 1 N–H and O–H groups in total. The van der Waals surface area contributed by atoms with Gasteiger partial charge >= 0.3 is 0 Å². The molecular weight excluding hydrogens is 259 g/mol. The number of fused-ring (bicyclic) bond motifs is 1. The van der Waals surface area contributed by atoms with Crippen LogP contribution in [0.4, 0.5) is 0 Å². The topological polar surface area (TPSA) is 54.4 Å². The minimum Gasteiger partial charge on any atom is -0.282 e. The molecule has 0 fully saturated rings. The molecule has 5 heteroatoms. The van der Waals surface area contributed by atoms with Crippen molar-refractivity contribution in [3.8, 4) is 0 Å². The molecule has 0 amide bonds. The standard InChI is InChI=1S/C13H14O3S.Na/c1-9(2)10-7-8-13(17(14,15)16)12-6-4-3-5-11(10)12;/h3-9H,1-2H3,(H,14,15,16);. The summed E-state index contributed by atoms with van der Waals surface area (Å²) in [6.07, 6.45) is 0. The maximum Gasteiger partial charge on any atom is 0.295 e. The molecule has 0 bridgehead atoms. The summed E-state index contributed by atoms with van der Waals surface area (Å²) in [5, 5.41) is 1.44. The van der Waals surface area contributed by atoms with Gasteiger partial charge in [0.2, 0.25) is 0 Å². The van der Waals surface area contributed by atoms with Gasteiger partial charge in [-0.05, 0) is 22.9 Å². The summed E-state index contributed by atoms with van der Waals surface area (Å²) < 4.78 is 31.8. The normalized spacial score (nSPS) is 11.6. The third-order valence-corrected chi connectivity index (χ3v) is 3.73. The number of hydrogen-bond acceptors (Lipinski definition) is 2. The smallest absolute Gasteiger partial charge is 0.282 e. The van der Waals surface area contributed by atoms with E-state index < -0.39 is 10.1 Å². The molecule has 0 aliphatic carbocycles. The molecule has 2 aromatic rings. The SMILES string of the molecule is CC(C)c1ccc(S(=O)(=O)O)c2ccccc12.[Na]. The fourth-order valence-electron chi connectivity index (χ4n) is 2.02. The molecule has 0 spiro atoms. The van der Waals surface area contributed by atoms with E-state index in [9.17, 15) is 13.0 Å². The van der Waals surface area contributed by atoms with Crippen LogP contribution < -0.4 is 0 Å². The quantitative estimate of drug-likeness (QED) is 0.676. The molecule has 0 unspecified atom stereocenters. The van der Waals surface area contributed by atoms with Crippen molar-refractivity contribution in [1.29, 1.82) is 0 Å². The maximum atomic E-state index is 11.3. The van der Waals surface area contributed by atoms with E-state index in [0.717, 1.165) is 10.9 Å². The van der Waals surface area contributed by atoms with Crippen LogP contribution in [0.5, 0.6) is 0 Å². The summed E-state index contributed by atoms with van der Waals surface area (Å²) in [6, 6.07) is 10.4. The van der Waals surface area contributed by atoms with E-state index in [2.05, 4.69) is 13.8 Å². The molecule has 1 radical (unpaired) electrons. The zero-order valence-corrected chi connectivity index (χ0v) is 13.5. The predicted octanol–water partition coefficient (Wildman–Crippen LogP) is 2.83. The molecule has 0 aliphatic rings. The summed E-state index contributed by atoms with van der Waals surface area (Å²) in [5.41, 5.74) is 1.08. The van der Waals surface area contributed by atoms with Crippen molar-refractivity contribution in [2.24, 2.45) is 0 Å². The van der Waals surface area contributed by atoms with Crippen LogP contribution in [-0.2, 0) is 10.1 Å². The molecule has 0 aliphatic heterocycles. The van der Waals surface area contributed by atoms with E-state index in [1.165, 1.54) is 6.07 Å². The Hall–Kier alpha value is -0.390. The first-order valence-corrected chi connectivity index (χ1v) is 6.84. The van der Waals surface area contributed by atoms with E-state index in [-0.39, 0.29) is 34.5 Å². The molecule has 0 aromatic heterocycles. The minimum absolute atomic E-state index is 0. The molecular formula is C13H14NaO3S. The minimum atomic E-state index is -4.17. The Labute approximate surface area is 129 Å². The van der Waals surface area contributed by atoms with Crippen molar-refractivity contribution in [2.45, 2.75) is 24.7 Å². The van der Waals surface area contributed by atoms with Gasteiger partial charge in [-0.2, -0.15) is 8.42 Å². The predicted molar refractivity (Wildman–Crippen MR) is 73.6 cm³/mol. The van der Waals surface area contributed by atoms with Crippen molar-refractivity contribution in [3.63, 3.8) is 0 Å². The molecule has 3 nitrogen and oxygen atoms in total. The van der Waals surface area contributed by atoms with Gasteiger partial charge in [0.15, 0.2) is 0 Å². The monoisotopic (exact) mass is 273 g/mol. The average molecular weight is 273 g/mol. The van der Waals surface area contributed by atoms with Gasteiger partial charge in [0.25, 0.3) is 10.1 Å². The van der Waals surface area contributed by atoms with E-state index in [1.807, 2.05) is 12.1 Å². The zero-order valence-electron chi connectivity index (χ0n) is 10.7. The van der Waals surface area contributed by atoms with Gasteiger partial charge in [-0.1, -0.05) is 44.2 Å². The second-order valence-corrected chi connectivity index (χ2v) is 5.72. The van der Waals surface area contributed by atoms with Crippen LogP contribution >= 0.6 is 0 Å². The molecule has 0 atom stereocenters. The van der Waals surface area contributed by atoms with Crippen LogP contribution in [0.3, 0.4) is 0 Å². The zero-order chi connectivity index (χ0) is 12.6. The Kier molecular flexibility index (Phi) is 4.98. The average Bonchev–Trinajstić information content (AvgIpc) is 2.26. The van der Waals surface area contributed by atoms with Gasteiger partial charge < -0.3 is 0 Å². The van der Waals surface area contributed by atoms with E-state index in [1.54, 1.807) is 18.2 Å². The van der Waals surface area contributed by atoms with E-state index >= 15 is 0 Å². The third-order valence-electron chi connectivity index (χ3n) is 2.82. The molecule has 2 rings (SSSR count). The van der Waals surface area contributed by atoms with Gasteiger partial charge in [-0.15, -0.1) is 0 Å². The van der Waals surface area contributed by atoms with Crippen LogP contribution in [0.2, 0.25) is 0 Å². The number of benzene rings is 2. The van der Waals surface area contributed by atoms with Gasteiger partial charge in [-0.3, -0.25) is 4.55 Å². The fourth-order valence-corrected chi connectivity index (χ4v) is 2.72. The molecule has 0 saturated carbocycles. The van der Waals surface area contributed by atoms with Crippen LogP contribution in [0, 0.1) is 0 Å². The van der Waals surface area contributed by atoms with Crippen LogP contribution in [0.1, 0.15) is 25.3 Å². The van der Waals surface area contributed by atoms with Gasteiger partial charge in [0, 0.05) is 34.9 Å². The Bertz CT molecular complexity index is 663. The largest absolute Gasteiger partial charge is 0.295 e.